The van der Waals surface area contributed by atoms with Gasteiger partial charge in [-0.25, -0.2) is 0 Å². The molecule has 4 unspecified atom stereocenters. The Kier molecular flexibility index (Phi) is 3.02. The first-order valence-corrected chi connectivity index (χ1v) is 11.9. The number of phenols is 1. The Hall–Kier alpha value is -2.70. The number of nitrogen functional groups attached to an aromatic ring is 1. The Morgan fingerprint density at radius 3 is 2.94 bits per heavy atom. The summed E-state index contributed by atoms with van der Waals surface area (Å²) in [4.78, 5) is 6.14. The second-order valence-electron chi connectivity index (χ2n) is 10.7. The molecule has 3 heterocycles. The van der Waals surface area contributed by atoms with E-state index in [1.165, 1.54) is 18.4 Å². The third-order valence-corrected chi connectivity index (χ3v) is 9.23. The topological polar surface area (TPSA) is 94.7 Å². The number of benzene rings is 2. The number of nitrogens with zero attached hydrogens (tertiary/aromatic N) is 1. The van der Waals surface area contributed by atoms with Gasteiger partial charge in [0.05, 0.1) is 27.9 Å². The van der Waals surface area contributed by atoms with Crippen LogP contribution in [-0.2, 0) is 18.3 Å². The molecular formula is C26H27N3O3. The van der Waals surface area contributed by atoms with Crippen molar-refractivity contribution in [3.8, 4) is 11.5 Å². The fraction of sp³-hybridized carbons (Fsp3) is 0.462. The van der Waals surface area contributed by atoms with Crippen molar-refractivity contribution in [2.75, 3.05) is 18.8 Å². The van der Waals surface area contributed by atoms with E-state index in [9.17, 15) is 10.2 Å². The molecule has 0 radical (unpaired) electrons. The van der Waals surface area contributed by atoms with E-state index in [2.05, 4.69) is 16.0 Å². The minimum atomic E-state index is -0.955. The van der Waals surface area contributed by atoms with E-state index in [-0.39, 0.29) is 17.9 Å². The van der Waals surface area contributed by atoms with Gasteiger partial charge in [-0.1, -0.05) is 18.2 Å². The maximum atomic E-state index is 12.8. The van der Waals surface area contributed by atoms with Crippen molar-refractivity contribution in [3.05, 3.63) is 52.7 Å². The predicted octanol–water partition coefficient (Wildman–Crippen LogP) is 3.15. The number of fused-ring (bicyclic) bond motifs is 4. The number of para-hydroxylation sites is 1. The van der Waals surface area contributed by atoms with Crippen LogP contribution in [0.3, 0.4) is 0 Å². The first-order chi connectivity index (χ1) is 15.5. The van der Waals surface area contributed by atoms with Gasteiger partial charge in [0.15, 0.2) is 17.6 Å². The van der Waals surface area contributed by atoms with E-state index in [0.717, 1.165) is 59.6 Å². The van der Waals surface area contributed by atoms with Crippen LogP contribution in [-0.4, -0.2) is 44.8 Å². The highest BCUT2D eigenvalue weighted by Crippen LogP contribution is 2.69. The molecule has 1 saturated carbocycles. The minimum Gasteiger partial charge on any atom is -0.504 e. The van der Waals surface area contributed by atoms with Crippen LogP contribution in [0.15, 0.2) is 30.3 Å². The molecule has 1 aromatic heterocycles. The van der Waals surface area contributed by atoms with Gasteiger partial charge in [-0.3, -0.25) is 4.90 Å². The average Bonchev–Trinajstić information content (AvgIpc) is 3.40. The van der Waals surface area contributed by atoms with Crippen molar-refractivity contribution >= 4 is 16.6 Å². The molecule has 3 aromatic rings. The highest BCUT2D eigenvalue weighted by molar-refractivity contribution is 5.94. The largest absolute Gasteiger partial charge is 0.504 e. The Balaban J connectivity index is 1.43. The molecule has 2 bridgehead atoms. The third kappa shape index (κ3) is 1.84. The van der Waals surface area contributed by atoms with Crippen LogP contribution in [0.1, 0.15) is 47.8 Å². The average molecular weight is 430 g/mol. The molecular weight excluding hydrogens is 402 g/mol. The van der Waals surface area contributed by atoms with Gasteiger partial charge in [-0.05, 0) is 61.4 Å². The molecule has 5 aliphatic rings. The number of piperidine rings is 1. The van der Waals surface area contributed by atoms with E-state index in [1.807, 2.05) is 18.2 Å². The predicted molar refractivity (Wildman–Crippen MR) is 121 cm³/mol. The number of hydrogen-bond acceptors (Lipinski definition) is 5. The van der Waals surface area contributed by atoms with Crippen LogP contribution in [0.25, 0.3) is 10.9 Å². The lowest BCUT2D eigenvalue weighted by atomic mass is 9.49. The number of H-pyrrole nitrogens is 1. The smallest absolute Gasteiger partial charge is 0.166 e. The van der Waals surface area contributed by atoms with Gasteiger partial charge in [0.2, 0.25) is 0 Å². The van der Waals surface area contributed by atoms with Gasteiger partial charge in [-0.15, -0.1) is 0 Å². The summed E-state index contributed by atoms with van der Waals surface area (Å²) in [7, 11) is 0. The Morgan fingerprint density at radius 2 is 2.09 bits per heavy atom. The fourth-order valence-corrected chi connectivity index (χ4v) is 7.67. The van der Waals surface area contributed by atoms with Crippen molar-refractivity contribution in [2.24, 2.45) is 5.92 Å². The Labute approximate surface area is 186 Å². The summed E-state index contributed by atoms with van der Waals surface area (Å²) in [5.41, 5.74) is 10.8. The number of aromatic hydroxyl groups is 1. The molecule has 8 rings (SSSR count). The van der Waals surface area contributed by atoms with Crippen LogP contribution < -0.4 is 10.5 Å². The molecule has 32 heavy (non-hydrogen) atoms. The van der Waals surface area contributed by atoms with Gasteiger partial charge in [0.1, 0.15) is 0 Å². The first kappa shape index (κ1) is 17.8. The molecule has 6 nitrogen and oxygen atoms in total. The SMILES string of the molecule is Nc1cccc2c3c([nH]c12)C1Oc2c(O)ccc4c2C12CCN(CC1CC1)C(C4)C2(O)C3. The molecule has 0 amide bonds. The van der Waals surface area contributed by atoms with Crippen LogP contribution in [0.5, 0.6) is 11.5 Å². The zero-order chi connectivity index (χ0) is 21.4. The van der Waals surface area contributed by atoms with Gasteiger partial charge in [-0.2, -0.15) is 0 Å². The number of aromatic nitrogens is 1. The van der Waals surface area contributed by atoms with Crippen molar-refractivity contribution in [2.45, 2.75) is 55.3 Å². The van der Waals surface area contributed by atoms with Crippen molar-refractivity contribution in [3.63, 3.8) is 0 Å². The molecule has 3 aliphatic carbocycles. The van der Waals surface area contributed by atoms with Gasteiger partial charge < -0.3 is 25.7 Å². The van der Waals surface area contributed by atoms with E-state index in [1.54, 1.807) is 6.07 Å². The number of aromatic amines is 1. The summed E-state index contributed by atoms with van der Waals surface area (Å²) >= 11 is 0. The van der Waals surface area contributed by atoms with Crippen LogP contribution >= 0.6 is 0 Å². The van der Waals surface area contributed by atoms with Crippen molar-refractivity contribution < 1.29 is 14.9 Å². The highest BCUT2D eigenvalue weighted by atomic mass is 16.5. The van der Waals surface area contributed by atoms with Crippen LogP contribution in [0.4, 0.5) is 5.69 Å². The fourth-order valence-electron chi connectivity index (χ4n) is 7.67. The molecule has 2 fully saturated rings. The second-order valence-corrected chi connectivity index (χ2v) is 10.7. The van der Waals surface area contributed by atoms with E-state index >= 15 is 0 Å². The zero-order valence-electron chi connectivity index (χ0n) is 17.9. The number of hydrogen-bond donors (Lipinski definition) is 4. The molecule has 1 spiro atoms. The highest BCUT2D eigenvalue weighted by Gasteiger charge is 2.72. The maximum Gasteiger partial charge on any atom is 0.166 e. The number of nitrogens with two attached hydrogens (primary N) is 1. The number of aliphatic hydroxyl groups is 1. The van der Waals surface area contributed by atoms with Gasteiger partial charge >= 0.3 is 0 Å². The summed E-state index contributed by atoms with van der Waals surface area (Å²) in [5, 5.41) is 24.6. The molecule has 6 heteroatoms. The molecule has 2 aliphatic heterocycles. The molecule has 5 N–H and O–H groups in total. The number of rotatable bonds is 2. The quantitative estimate of drug-likeness (QED) is 0.470. The summed E-state index contributed by atoms with van der Waals surface area (Å²) < 4.78 is 6.60. The maximum absolute atomic E-state index is 12.8. The van der Waals surface area contributed by atoms with Gasteiger partial charge in [0.25, 0.3) is 0 Å². The van der Waals surface area contributed by atoms with E-state index in [0.29, 0.717) is 17.9 Å². The lowest BCUT2D eigenvalue weighted by molar-refractivity contribution is -0.173. The number of phenolic OH excluding ortho intramolecular Hbond substituents is 1. The standard InChI is InChI=1S/C26H27N3O3/c27-17-3-1-2-15-16-11-26(31)19-10-14-6-7-18(30)23-20(14)25(26,8-9-29(19)12-13-4-5-13)24(32-23)22(16)28-21(15)17/h1-3,6-7,13,19,24,28,30-31H,4-5,8-12,27H2. The number of ether oxygens (including phenoxy) is 1. The van der Waals surface area contributed by atoms with Crippen LogP contribution in [0, 0.1) is 5.92 Å². The Bertz CT molecular complexity index is 1330. The van der Waals surface area contributed by atoms with Crippen molar-refractivity contribution in [1.82, 2.24) is 9.88 Å². The summed E-state index contributed by atoms with van der Waals surface area (Å²) in [6.45, 7) is 2.03. The normalized spacial score (nSPS) is 34.3. The zero-order valence-corrected chi connectivity index (χ0v) is 17.9. The van der Waals surface area contributed by atoms with Crippen LogP contribution in [0.2, 0.25) is 0 Å². The number of likely N-dealkylation sites (tertiary alicyclic amines) is 1. The molecule has 164 valence electrons. The minimum absolute atomic E-state index is 0.0464. The van der Waals surface area contributed by atoms with Crippen molar-refractivity contribution in [1.29, 1.82) is 0 Å². The van der Waals surface area contributed by atoms with E-state index in [4.69, 9.17) is 10.5 Å². The summed E-state index contributed by atoms with van der Waals surface area (Å²) in [6, 6.07) is 9.84. The molecule has 4 atom stereocenters. The first-order valence-electron chi connectivity index (χ1n) is 11.9. The lowest BCUT2D eigenvalue weighted by Gasteiger charge is -2.62. The van der Waals surface area contributed by atoms with Gasteiger partial charge in [0, 0.05) is 30.0 Å². The Morgan fingerprint density at radius 1 is 1.22 bits per heavy atom. The van der Waals surface area contributed by atoms with E-state index < -0.39 is 11.0 Å². The second kappa shape index (κ2) is 5.43. The summed E-state index contributed by atoms with van der Waals surface area (Å²) in [5.74, 6) is 1.51. The lowest BCUT2D eigenvalue weighted by Crippen LogP contribution is -2.74. The molecule has 2 aromatic carbocycles. The summed E-state index contributed by atoms with van der Waals surface area (Å²) in [6.07, 6.45) is 4.45. The number of anilines is 1. The number of nitrogens with one attached hydrogen (secondary N) is 1. The molecule has 1 saturated heterocycles. The third-order valence-electron chi connectivity index (χ3n) is 9.23. The monoisotopic (exact) mass is 429 g/mol.